The van der Waals surface area contributed by atoms with Gasteiger partial charge in [0.15, 0.2) is 0 Å². The number of nitrogens with one attached hydrogen (secondary N) is 1. The van der Waals surface area contributed by atoms with Crippen molar-refractivity contribution in [1.82, 2.24) is 25.1 Å². The van der Waals surface area contributed by atoms with E-state index in [1.807, 2.05) is 12.1 Å². The van der Waals surface area contributed by atoms with E-state index in [9.17, 15) is 9.59 Å². The largest absolute Gasteiger partial charge is 0.449 e. The topological polar surface area (TPSA) is 96.9 Å². The molecule has 0 aliphatic carbocycles. The number of amides is 2. The standard InChI is InChI=1S/C24H30ClN5O4/c1-3-4-9-34-24(32)29-7-8-30(18-14-33-15-18)21(13-29)17-11-19(28-22(25)12-17)16-5-6-27-20(10-16)23(31)26-2/h5-6,10-12,18,21H,3-4,7-9,13-15H2,1-2H3,(H,26,31). The number of piperazine rings is 1. The fourth-order valence-electron chi connectivity index (χ4n) is 4.21. The highest BCUT2D eigenvalue weighted by Gasteiger charge is 2.38. The number of carbonyl (C=O) groups excluding carboxylic acids is 2. The lowest BCUT2D eigenvalue weighted by atomic mass is 9.98. The summed E-state index contributed by atoms with van der Waals surface area (Å²) < 4.78 is 10.9. The Hall–Kier alpha value is -2.75. The molecule has 2 aliphatic heterocycles. The molecule has 2 aromatic heterocycles. The molecule has 0 saturated carbocycles. The first-order chi connectivity index (χ1) is 16.5. The van der Waals surface area contributed by atoms with Gasteiger partial charge >= 0.3 is 6.09 Å². The van der Waals surface area contributed by atoms with Gasteiger partial charge in [-0.1, -0.05) is 24.9 Å². The van der Waals surface area contributed by atoms with Crippen LogP contribution in [0.4, 0.5) is 4.79 Å². The number of hydrogen-bond donors (Lipinski definition) is 1. The Morgan fingerprint density at radius 3 is 2.79 bits per heavy atom. The molecule has 0 aromatic carbocycles. The first-order valence-corrected chi connectivity index (χ1v) is 12.0. The van der Waals surface area contributed by atoms with Crippen LogP contribution in [0, 0.1) is 0 Å². The van der Waals surface area contributed by atoms with Gasteiger partial charge in [0.05, 0.1) is 37.6 Å². The lowest BCUT2D eigenvalue weighted by molar-refractivity contribution is -0.0956. The van der Waals surface area contributed by atoms with Crippen LogP contribution in [0.25, 0.3) is 11.3 Å². The Labute approximate surface area is 204 Å². The second kappa shape index (κ2) is 11.1. The lowest BCUT2D eigenvalue weighted by Gasteiger charge is -2.47. The average Bonchev–Trinajstić information content (AvgIpc) is 2.82. The number of rotatable bonds is 7. The van der Waals surface area contributed by atoms with Crippen molar-refractivity contribution in [2.24, 2.45) is 0 Å². The molecule has 10 heteroatoms. The molecule has 2 fully saturated rings. The molecule has 1 unspecified atom stereocenters. The van der Waals surface area contributed by atoms with Gasteiger partial charge in [0.2, 0.25) is 0 Å². The molecular formula is C24H30ClN5O4. The maximum Gasteiger partial charge on any atom is 0.409 e. The van der Waals surface area contributed by atoms with Crippen molar-refractivity contribution in [3.05, 3.63) is 46.9 Å². The first kappa shape index (κ1) is 24.4. The lowest BCUT2D eigenvalue weighted by Crippen LogP contribution is -2.58. The molecule has 2 amide bonds. The summed E-state index contributed by atoms with van der Waals surface area (Å²) in [6, 6.07) is 7.51. The summed E-state index contributed by atoms with van der Waals surface area (Å²) in [5.41, 5.74) is 2.63. The molecule has 182 valence electrons. The van der Waals surface area contributed by atoms with Crippen LogP contribution in [0.2, 0.25) is 5.15 Å². The van der Waals surface area contributed by atoms with Gasteiger partial charge in [-0.2, -0.15) is 0 Å². The van der Waals surface area contributed by atoms with Crippen LogP contribution in [-0.2, 0) is 9.47 Å². The third-order valence-corrected chi connectivity index (χ3v) is 6.40. The zero-order chi connectivity index (χ0) is 24.1. The van der Waals surface area contributed by atoms with Gasteiger partial charge < -0.3 is 19.7 Å². The molecule has 9 nitrogen and oxygen atoms in total. The summed E-state index contributed by atoms with van der Waals surface area (Å²) in [6.07, 6.45) is 3.12. The van der Waals surface area contributed by atoms with Gasteiger partial charge in [-0.3, -0.25) is 14.7 Å². The van der Waals surface area contributed by atoms with Crippen LogP contribution >= 0.6 is 11.6 Å². The van der Waals surface area contributed by atoms with Crippen LogP contribution in [-0.4, -0.2) is 84.3 Å². The van der Waals surface area contributed by atoms with E-state index in [4.69, 9.17) is 21.1 Å². The summed E-state index contributed by atoms with van der Waals surface area (Å²) in [4.78, 5) is 37.5. The highest BCUT2D eigenvalue weighted by atomic mass is 35.5. The summed E-state index contributed by atoms with van der Waals surface area (Å²) in [5.74, 6) is -0.273. The predicted octanol–water partition coefficient (Wildman–Crippen LogP) is 3.15. The van der Waals surface area contributed by atoms with Crippen LogP contribution < -0.4 is 5.32 Å². The summed E-state index contributed by atoms with van der Waals surface area (Å²) in [5, 5.41) is 2.93. The third kappa shape index (κ3) is 5.48. The van der Waals surface area contributed by atoms with Gasteiger partial charge in [-0.05, 0) is 36.2 Å². The zero-order valence-electron chi connectivity index (χ0n) is 19.5. The Kier molecular flexibility index (Phi) is 7.97. The zero-order valence-corrected chi connectivity index (χ0v) is 20.3. The molecule has 2 saturated heterocycles. The quantitative estimate of drug-likeness (QED) is 0.473. The van der Waals surface area contributed by atoms with E-state index in [0.29, 0.717) is 62.0 Å². The smallest absolute Gasteiger partial charge is 0.409 e. The van der Waals surface area contributed by atoms with Crippen molar-refractivity contribution < 1.29 is 19.1 Å². The van der Waals surface area contributed by atoms with Crippen molar-refractivity contribution in [2.75, 3.05) is 46.5 Å². The van der Waals surface area contributed by atoms with E-state index < -0.39 is 0 Å². The number of aromatic nitrogens is 2. The Morgan fingerprint density at radius 1 is 1.26 bits per heavy atom. The van der Waals surface area contributed by atoms with Crippen molar-refractivity contribution in [3.8, 4) is 11.3 Å². The number of unbranched alkanes of at least 4 members (excludes halogenated alkanes) is 1. The molecule has 2 aromatic rings. The summed E-state index contributed by atoms with van der Waals surface area (Å²) >= 11 is 6.45. The van der Waals surface area contributed by atoms with Crippen molar-refractivity contribution in [1.29, 1.82) is 0 Å². The SMILES string of the molecule is CCCCOC(=O)N1CCN(C2COC2)C(c2cc(Cl)nc(-c3ccnc(C(=O)NC)c3)c2)C1. The molecule has 34 heavy (non-hydrogen) atoms. The fourth-order valence-corrected chi connectivity index (χ4v) is 4.42. The Balaban J connectivity index is 1.62. The van der Waals surface area contributed by atoms with E-state index in [1.54, 1.807) is 30.3 Å². The molecule has 0 spiro atoms. The van der Waals surface area contributed by atoms with Crippen molar-refractivity contribution >= 4 is 23.6 Å². The highest BCUT2D eigenvalue weighted by Crippen LogP contribution is 2.33. The number of hydrogen-bond acceptors (Lipinski definition) is 7. The normalized spacial score (nSPS) is 18.9. The first-order valence-electron chi connectivity index (χ1n) is 11.6. The van der Waals surface area contributed by atoms with Gasteiger partial charge in [-0.15, -0.1) is 0 Å². The van der Waals surface area contributed by atoms with Crippen molar-refractivity contribution in [3.63, 3.8) is 0 Å². The summed E-state index contributed by atoms with van der Waals surface area (Å²) in [7, 11) is 1.56. The highest BCUT2D eigenvalue weighted by molar-refractivity contribution is 6.29. The molecule has 2 aliphatic rings. The predicted molar refractivity (Wildman–Crippen MR) is 128 cm³/mol. The van der Waals surface area contributed by atoms with Gasteiger partial charge in [0.25, 0.3) is 5.91 Å². The Morgan fingerprint density at radius 2 is 2.09 bits per heavy atom. The van der Waals surface area contributed by atoms with Gasteiger partial charge in [0, 0.05) is 38.4 Å². The molecular weight excluding hydrogens is 458 g/mol. The molecule has 0 radical (unpaired) electrons. The number of pyridine rings is 2. The average molecular weight is 488 g/mol. The van der Waals surface area contributed by atoms with Crippen LogP contribution in [0.5, 0.6) is 0 Å². The Bertz CT molecular complexity index is 1030. The number of halogens is 1. The maximum absolute atomic E-state index is 12.7. The summed E-state index contributed by atoms with van der Waals surface area (Å²) in [6.45, 7) is 5.63. The minimum atomic E-state index is -0.285. The second-order valence-corrected chi connectivity index (χ2v) is 8.86. The number of carbonyl (C=O) groups is 2. The van der Waals surface area contributed by atoms with E-state index >= 15 is 0 Å². The minimum absolute atomic E-state index is 0.0825. The molecule has 4 heterocycles. The van der Waals surface area contributed by atoms with Crippen LogP contribution in [0.3, 0.4) is 0 Å². The molecule has 4 rings (SSSR count). The van der Waals surface area contributed by atoms with Crippen molar-refractivity contribution in [2.45, 2.75) is 31.8 Å². The van der Waals surface area contributed by atoms with E-state index in [-0.39, 0.29) is 18.0 Å². The third-order valence-electron chi connectivity index (χ3n) is 6.21. The van der Waals surface area contributed by atoms with Crippen LogP contribution in [0.1, 0.15) is 41.9 Å². The molecule has 0 bridgehead atoms. The second-order valence-electron chi connectivity index (χ2n) is 8.48. The van der Waals surface area contributed by atoms with Gasteiger partial charge in [-0.25, -0.2) is 9.78 Å². The molecule has 1 atom stereocenters. The van der Waals surface area contributed by atoms with Gasteiger partial charge in [0.1, 0.15) is 10.8 Å². The number of ether oxygens (including phenoxy) is 2. The number of nitrogens with zero attached hydrogens (tertiary/aromatic N) is 4. The monoisotopic (exact) mass is 487 g/mol. The fraction of sp³-hybridized carbons (Fsp3) is 0.500. The van der Waals surface area contributed by atoms with E-state index in [1.165, 1.54) is 0 Å². The molecule has 1 N–H and O–H groups in total. The van der Waals surface area contributed by atoms with Crippen LogP contribution in [0.15, 0.2) is 30.5 Å². The maximum atomic E-state index is 12.7. The van der Waals surface area contributed by atoms with E-state index in [0.717, 1.165) is 24.0 Å². The van der Waals surface area contributed by atoms with E-state index in [2.05, 4.69) is 27.1 Å². The minimum Gasteiger partial charge on any atom is -0.449 e.